The van der Waals surface area contributed by atoms with E-state index in [0.717, 1.165) is 6.08 Å². The third kappa shape index (κ3) is 4.22. The van der Waals surface area contributed by atoms with Crippen LogP contribution in [0, 0.1) is 17.8 Å². The summed E-state index contributed by atoms with van der Waals surface area (Å²) >= 11 is 0. The number of rotatable bonds is 6. The van der Waals surface area contributed by atoms with Crippen LogP contribution in [0.3, 0.4) is 0 Å². The van der Waals surface area contributed by atoms with E-state index in [1.54, 1.807) is 19.1 Å². The highest BCUT2D eigenvalue weighted by molar-refractivity contribution is 5.83. The van der Waals surface area contributed by atoms with Crippen molar-refractivity contribution in [3.8, 4) is 0 Å². The van der Waals surface area contributed by atoms with Gasteiger partial charge in [-0.25, -0.2) is 4.79 Å². The zero-order chi connectivity index (χ0) is 15.1. The second-order valence-corrected chi connectivity index (χ2v) is 4.57. The Balaban J connectivity index is 2.50. The molecule has 0 amide bonds. The molecule has 0 saturated heterocycles. The summed E-state index contributed by atoms with van der Waals surface area (Å²) in [6, 6.07) is 0. The fraction of sp³-hybridized carbons (Fsp3) is 0.500. The molecule has 0 heterocycles. The summed E-state index contributed by atoms with van der Waals surface area (Å²) in [5.74, 6) is -3.95. The van der Waals surface area contributed by atoms with E-state index < -0.39 is 29.7 Å². The minimum atomic E-state index is -1.01. The normalized spacial score (nSPS) is 24.8. The predicted molar refractivity (Wildman–Crippen MR) is 69.7 cm³/mol. The van der Waals surface area contributed by atoms with Crippen LogP contribution in [0.25, 0.3) is 0 Å². The highest BCUT2D eigenvalue weighted by Gasteiger charge is 2.38. The molecule has 0 fully saturated rings. The molecule has 3 unspecified atom stereocenters. The number of hydrogen-bond acceptors (Lipinski definition) is 5. The molecule has 0 aromatic carbocycles. The van der Waals surface area contributed by atoms with Gasteiger partial charge in [0.2, 0.25) is 0 Å². The van der Waals surface area contributed by atoms with Gasteiger partial charge in [-0.15, -0.1) is 0 Å². The van der Waals surface area contributed by atoms with Gasteiger partial charge in [0.05, 0.1) is 11.8 Å². The monoisotopic (exact) mass is 282 g/mol. The Hall–Kier alpha value is -2.11. The average Bonchev–Trinajstić information content (AvgIpc) is 2.42. The Bertz CT molecular complexity index is 425. The summed E-state index contributed by atoms with van der Waals surface area (Å²) in [7, 11) is 0. The lowest BCUT2D eigenvalue weighted by Crippen LogP contribution is -2.36. The summed E-state index contributed by atoms with van der Waals surface area (Å²) in [5, 5.41) is 9.18. The Morgan fingerprint density at radius 3 is 2.60 bits per heavy atom. The van der Waals surface area contributed by atoms with Gasteiger partial charge in [0.15, 0.2) is 0 Å². The van der Waals surface area contributed by atoms with Crippen molar-refractivity contribution in [2.45, 2.75) is 13.3 Å². The lowest BCUT2D eigenvalue weighted by atomic mass is 9.77. The maximum absolute atomic E-state index is 11.9. The zero-order valence-corrected chi connectivity index (χ0v) is 11.3. The van der Waals surface area contributed by atoms with Crippen molar-refractivity contribution >= 4 is 17.9 Å². The topological polar surface area (TPSA) is 89.9 Å². The number of carbonyl (C=O) groups is 3. The number of allylic oxidation sites excluding steroid dienone is 1. The van der Waals surface area contributed by atoms with E-state index in [-0.39, 0.29) is 19.1 Å². The lowest BCUT2D eigenvalue weighted by Gasteiger charge is -2.28. The highest BCUT2D eigenvalue weighted by atomic mass is 16.6. The number of esters is 2. The van der Waals surface area contributed by atoms with Crippen LogP contribution >= 0.6 is 0 Å². The minimum Gasteiger partial charge on any atom is -0.481 e. The number of carbonyl (C=O) groups excluding carboxylic acids is 2. The molecule has 0 saturated carbocycles. The third-order valence-electron chi connectivity index (χ3n) is 3.15. The van der Waals surface area contributed by atoms with E-state index in [1.165, 1.54) is 0 Å². The van der Waals surface area contributed by atoms with Crippen LogP contribution < -0.4 is 0 Å². The van der Waals surface area contributed by atoms with Gasteiger partial charge in [0.1, 0.15) is 13.2 Å². The van der Waals surface area contributed by atoms with Crippen molar-refractivity contribution in [1.82, 2.24) is 0 Å². The Kier molecular flexibility index (Phi) is 5.96. The third-order valence-corrected chi connectivity index (χ3v) is 3.15. The van der Waals surface area contributed by atoms with Crippen molar-refractivity contribution < 1.29 is 29.0 Å². The Labute approximate surface area is 117 Å². The molecule has 0 aliphatic heterocycles. The molecule has 6 heteroatoms. The summed E-state index contributed by atoms with van der Waals surface area (Å²) in [6.45, 7) is 4.82. The number of carboxylic acid groups (broad SMARTS) is 1. The first-order valence-corrected chi connectivity index (χ1v) is 6.32. The maximum atomic E-state index is 11.9. The van der Waals surface area contributed by atoms with Crippen LogP contribution in [0.15, 0.2) is 24.8 Å². The summed E-state index contributed by atoms with van der Waals surface area (Å²) in [5.41, 5.74) is 0. The zero-order valence-electron chi connectivity index (χ0n) is 11.3. The van der Waals surface area contributed by atoms with Gasteiger partial charge >= 0.3 is 17.9 Å². The van der Waals surface area contributed by atoms with Crippen molar-refractivity contribution in [1.29, 1.82) is 0 Å². The van der Waals surface area contributed by atoms with Gasteiger partial charge in [-0.1, -0.05) is 25.7 Å². The fourth-order valence-electron chi connectivity index (χ4n) is 2.12. The average molecular weight is 282 g/mol. The van der Waals surface area contributed by atoms with Crippen LogP contribution in [0.5, 0.6) is 0 Å². The quantitative estimate of drug-likeness (QED) is 0.340. The SMILES string of the molecule is C=CC(=O)OCCOC(=O)C1C=CCC(C)C1C(=O)O. The molecule has 0 radical (unpaired) electrons. The van der Waals surface area contributed by atoms with E-state index in [1.807, 2.05) is 0 Å². The van der Waals surface area contributed by atoms with Crippen molar-refractivity contribution in [2.24, 2.45) is 17.8 Å². The molecular weight excluding hydrogens is 264 g/mol. The first-order valence-electron chi connectivity index (χ1n) is 6.32. The molecule has 20 heavy (non-hydrogen) atoms. The van der Waals surface area contributed by atoms with Gasteiger partial charge in [-0.05, 0) is 12.3 Å². The number of aliphatic carboxylic acids is 1. The minimum absolute atomic E-state index is 0.0830. The van der Waals surface area contributed by atoms with E-state index in [9.17, 15) is 19.5 Å². The van der Waals surface area contributed by atoms with Crippen molar-refractivity contribution in [3.05, 3.63) is 24.8 Å². The van der Waals surface area contributed by atoms with Gasteiger partial charge in [-0.2, -0.15) is 0 Å². The second kappa shape index (κ2) is 7.47. The largest absolute Gasteiger partial charge is 0.481 e. The molecule has 3 atom stereocenters. The van der Waals surface area contributed by atoms with Crippen LogP contribution in [0.4, 0.5) is 0 Å². The van der Waals surface area contributed by atoms with Gasteiger partial charge in [0, 0.05) is 6.08 Å². The molecule has 1 rings (SSSR count). The first kappa shape index (κ1) is 15.9. The maximum Gasteiger partial charge on any atom is 0.330 e. The van der Waals surface area contributed by atoms with Gasteiger partial charge < -0.3 is 14.6 Å². The molecular formula is C14H18O6. The highest BCUT2D eigenvalue weighted by Crippen LogP contribution is 2.31. The predicted octanol–water partition coefficient (Wildman–Crippen LogP) is 1.17. The van der Waals surface area contributed by atoms with Crippen molar-refractivity contribution in [3.63, 3.8) is 0 Å². The molecule has 1 aliphatic carbocycles. The van der Waals surface area contributed by atoms with E-state index in [4.69, 9.17) is 4.74 Å². The summed E-state index contributed by atoms with van der Waals surface area (Å²) < 4.78 is 9.60. The van der Waals surface area contributed by atoms with Gasteiger partial charge in [-0.3, -0.25) is 9.59 Å². The molecule has 110 valence electrons. The fourth-order valence-corrected chi connectivity index (χ4v) is 2.12. The molecule has 6 nitrogen and oxygen atoms in total. The van der Waals surface area contributed by atoms with E-state index in [2.05, 4.69) is 11.3 Å². The molecule has 1 N–H and O–H groups in total. The number of hydrogen-bond donors (Lipinski definition) is 1. The van der Waals surface area contributed by atoms with Crippen LogP contribution in [0.2, 0.25) is 0 Å². The molecule has 1 aliphatic rings. The second-order valence-electron chi connectivity index (χ2n) is 4.57. The Morgan fingerprint density at radius 1 is 1.35 bits per heavy atom. The summed E-state index contributed by atoms with van der Waals surface area (Å²) in [6.07, 6.45) is 4.98. The van der Waals surface area contributed by atoms with Crippen LogP contribution in [0.1, 0.15) is 13.3 Å². The van der Waals surface area contributed by atoms with Crippen molar-refractivity contribution in [2.75, 3.05) is 13.2 Å². The van der Waals surface area contributed by atoms with Gasteiger partial charge in [0.25, 0.3) is 0 Å². The van der Waals surface area contributed by atoms with Crippen LogP contribution in [-0.2, 0) is 23.9 Å². The first-order chi connectivity index (χ1) is 9.47. The van der Waals surface area contributed by atoms with Crippen LogP contribution in [-0.4, -0.2) is 36.2 Å². The molecule has 0 spiro atoms. The standard InChI is InChI=1S/C14H18O6/c1-3-11(15)19-7-8-20-14(18)10-6-4-5-9(2)12(10)13(16)17/h3-4,6,9-10,12H,1,5,7-8H2,2H3,(H,16,17). The molecule has 0 bridgehead atoms. The van der Waals surface area contributed by atoms with E-state index >= 15 is 0 Å². The summed E-state index contributed by atoms with van der Waals surface area (Å²) in [4.78, 5) is 33.9. The Morgan fingerprint density at radius 2 is 2.00 bits per heavy atom. The smallest absolute Gasteiger partial charge is 0.330 e. The number of carboxylic acids is 1. The molecule has 0 aromatic rings. The number of ether oxygens (including phenoxy) is 2. The lowest BCUT2D eigenvalue weighted by molar-refractivity contribution is -0.159. The van der Waals surface area contributed by atoms with E-state index in [0.29, 0.717) is 6.42 Å². The molecule has 0 aromatic heterocycles.